The van der Waals surface area contributed by atoms with Crippen molar-refractivity contribution in [2.75, 3.05) is 76.3 Å². The molecule has 1 heterocycles. The Morgan fingerprint density at radius 1 is 0.603 bits per heavy atom. The molecule has 3 aromatic carbocycles. The first kappa shape index (κ1) is 45.9. The molecule has 318 valence electrons. The lowest BCUT2D eigenvalue weighted by atomic mass is 10.1. The van der Waals surface area contributed by atoms with E-state index < -0.39 is 56.5 Å². The van der Waals surface area contributed by atoms with Gasteiger partial charge in [0.2, 0.25) is 6.54 Å². The number of hydrogen-bond acceptors (Lipinski definition) is 15. The van der Waals surface area contributed by atoms with Crippen LogP contribution >= 0.6 is 0 Å². The van der Waals surface area contributed by atoms with Crippen LogP contribution < -0.4 is 10.6 Å². The predicted molar refractivity (Wildman–Crippen MR) is 214 cm³/mol. The first-order chi connectivity index (χ1) is 27.5. The van der Waals surface area contributed by atoms with Crippen LogP contribution in [0.3, 0.4) is 0 Å². The largest absolute Gasteiger partial charge is 0.505 e. The summed E-state index contributed by atoms with van der Waals surface area (Å²) in [5.74, 6) is -2.37. The molecule has 58 heavy (non-hydrogen) atoms. The second-order valence-corrected chi connectivity index (χ2v) is 14.9. The Balaban J connectivity index is 1.65. The van der Waals surface area contributed by atoms with E-state index >= 15 is 0 Å². The number of nitrogens with one attached hydrogen (secondary N) is 2. The maximum atomic E-state index is 12.9. The number of phenolic OH excluding ortho intramolecular Hbond substituents is 3. The summed E-state index contributed by atoms with van der Waals surface area (Å²) in [5.41, 5.74) is 3.80. The van der Waals surface area contributed by atoms with Crippen LogP contribution in [-0.2, 0) is 29.2 Å². The first-order valence-electron chi connectivity index (χ1n) is 19.1. The zero-order valence-electron chi connectivity index (χ0n) is 33.1. The average Bonchev–Trinajstić information content (AvgIpc) is 3.18. The number of carbonyl (C=O) groups excluding carboxylic acids is 2. The number of aliphatic hydroxyl groups is 6. The number of nitrogens with zero attached hydrogens (tertiary/aromatic N) is 4. The van der Waals surface area contributed by atoms with Gasteiger partial charge in [0.05, 0.1) is 31.2 Å². The monoisotopic (exact) mass is 813 g/mol. The van der Waals surface area contributed by atoms with Crippen molar-refractivity contribution in [3.05, 3.63) is 74.7 Å². The fourth-order valence-corrected chi connectivity index (χ4v) is 6.84. The predicted octanol–water partition coefficient (Wildman–Crippen LogP) is 0.286. The molecule has 18 nitrogen and oxygen atoms in total. The van der Waals surface area contributed by atoms with Crippen molar-refractivity contribution in [3.8, 4) is 17.2 Å². The number of amides is 2. The van der Waals surface area contributed by atoms with Crippen LogP contribution in [0.1, 0.15) is 39.8 Å². The van der Waals surface area contributed by atoms with Gasteiger partial charge in [0.25, 0.3) is 17.5 Å². The lowest BCUT2D eigenvalue weighted by molar-refractivity contribution is -0.475. The number of nitroso groups, excluding NO2 is 1. The van der Waals surface area contributed by atoms with Crippen molar-refractivity contribution in [3.63, 3.8) is 0 Å². The van der Waals surface area contributed by atoms with Crippen LogP contribution in [0.5, 0.6) is 17.2 Å². The van der Waals surface area contributed by atoms with Crippen molar-refractivity contribution in [1.82, 2.24) is 14.7 Å². The summed E-state index contributed by atoms with van der Waals surface area (Å²) in [6, 6.07) is 9.99. The van der Waals surface area contributed by atoms with Crippen molar-refractivity contribution in [1.29, 1.82) is 0 Å². The number of aromatic hydroxyl groups is 3. The summed E-state index contributed by atoms with van der Waals surface area (Å²) in [7, 11) is 0. The molecule has 1 fully saturated rings. The number of rotatable bonds is 16. The van der Waals surface area contributed by atoms with Gasteiger partial charge in [0.1, 0.15) is 17.6 Å². The second kappa shape index (κ2) is 21.3. The minimum Gasteiger partial charge on any atom is -0.505 e. The van der Waals surface area contributed by atoms with E-state index in [9.17, 15) is 60.5 Å². The second-order valence-electron chi connectivity index (χ2n) is 14.9. The van der Waals surface area contributed by atoms with Gasteiger partial charge >= 0.3 is 0 Å². The minimum atomic E-state index is -1.68. The highest BCUT2D eigenvalue weighted by Crippen LogP contribution is 2.34. The molecule has 1 aliphatic rings. The number of hydrogen-bond donors (Lipinski definition) is 11. The molecule has 18 heteroatoms. The van der Waals surface area contributed by atoms with E-state index in [0.29, 0.717) is 72.7 Å². The van der Waals surface area contributed by atoms with Crippen molar-refractivity contribution in [2.45, 2.75) is 65.1 Å². The van der Waals surface area contributed by atoms with Crippen LogP contribution in [0, 0.1) is 25.7 Å². The van der Waals surface area contributed by atoms with Crippen LogP contribution in [-0.4, -0.2) is 161 Å². The zero-order valence-corrected chi connectivity index (χ0v) is 33.1. The number of benzene rings is 3. The van der Waals surface area contributed by atoms with E-state index in [2.05, 4.69) is 25.3 Å². The SMILES string of the molecule is Cc1cc(CN2CCCN(Cc3cc(C)cc([N+](=O)CC(O)CO)c3O)CCN(Cc3cc(C)cc(NC(=O)C(O)CO)c3O)CC2)c(O)c(NC(=O)C(O)CO)c1. The molecule has 0 spiro atoms. The molecule has 3 aromatic rings. The normalized spacial score (nSPS) is 16.4. The van der Waals surface area contributed by atoms with Crippen LogP contribution in [0.25, 0.3) is 0 Å². The molecule has 4 rings (SSSR count). The topological polar surface area (TPSA) is 270 Å². The van der Waals surface area contributed by atoms with Crippen molar-refractivity contribution < 1.29 is 60.3 Å². The molecule has 11 N–H and O–H groups in total. The van der Waals surface area contributed by atoms with Gasteiger partial charge in [-0.3, -0.25) is 24.3 Å². The van der Waals surface area contributed by atoms with Gasteiger partial charge < -0.3 is 56.6 Å². The number of aryl methyl sites for hydroxylation is 3. The maximum absolute atomic E-state index is 12.9. The third kappa shape index (κ3) is 12.6. The Hall–Kier alpha value is -4.76. The summed E-state index contributed by atoms with van der Waals surface area (Å²) >= 11 is 0. The Labute approximate surface area is 336 Å². The number of carbonyl (C=O) groups is 2. The van der Waals surface area contributed by atoms with Crippen molar-refractivity contribution >= 4 is 28.9 Å². The highest BCUT2D eigenvalue weighted by Gasteiger charge is 2.27. The summed E-state index contributed by atoms with van der Waals surface area (Å²) in [6.45, 7) is 6.58. The van der Waals surface area contributed by atoms with E-state index in [1.807, 2.05) is 0 Å². The van der Waals surface area contributed by atoms with E-state index in [4.69, 9.17) is 0 Å². The Morgan fingerprint density at radius 2 is 0.983 bits per heavy atom. The van der Waals surface area contributed by atoms with Gasteiger partial charge in [0, 0.05) is 78.2 Å². The smallest absolute Gasteiger partial charge is 0.298 e. The maximum Gasteiger partial charge on any atom is 0.298 e. The third-order valence-electron chi connectivity index (χ3n) is 9.90. The lowest BCUT2D eigenvalue weighted by Gasteiger charge is -2.33. The summed E-state index contributed by atoms with van der Waals surface area (Å²) in [6.07, 6.45) is -3.98. The van der Waals surface area contributed by atoms with E-state index in [1.165, 1.54) is 6.07 Å². The summed E-state index contributed by atoms with van der Waals surface area (Å²) in [4.78, 5) is 44.0. The molecule has 2 amide bonds. The van der Waals surface area contributed by atoms with Gasteiger partial charge in [-0.05, 0) is 69.1 Å². The van der Waals surface area contributed by atoms with Gasteiger partial charge in [-0.1, -0.05) is 18.2 Å². The molecule has 3 unspecified atom stereocenters. The van der Waals surface area contributed by atoms with Gasteiger partial charge in [0.15, 0.2) is 18.0 Å². The van der Waals surface area contributed by atoms with Crippen LogP contribution in [0.4, 0.5) is 17.1 Å². The molecule has 1 saturated heterocycles. The molecule has 0 aromatic heterocycles. The van der Waals surface area contributed by atoms with Crippen LogP contribution in [0.2, 0.25) is 0 Å². The lowest BCUT2D eigenvalue weighted by Crippen LogP contribution is -2.42. The highest BCUT2D eigenvalue weighted by molar-refractivity contribution is 5.96. The van der Waals surface area contributed by atoms with Gasteiger partial charge in [-0.15, -0.1) is 0 Å². The highest BCUT2D eigenvalue weighted by atomic mass is 16.3. The molecule has 0 bridgehead atoms. The number of aliphatic hydroxyl groups excluding tert-OH is 6. The Morgan fingerprint density at radius 3 is 1.38 bits per heavy atom. The molecule has 1 aliphatic heterocycles. The minimum absolute atomic E-state index is 0.0277. The Kier molecular flexibility index (Phi) is 16.9. The average molecular weight is 814 g/mol. The summed E-state index contributed by atoms with van der Waals surface area (Å²) < 4.78 is 0.455. The molecule has 0 radical (unpaired) electrons. The standard InChI is InChI=1S/C40H56N6O12/c1-24-11-27(36(53)31(14-24)41-39(56)34(51)22-48)17-43-5-4-6-44(19-29-13-26(3)16-33(38(29)55)46(58)20-30(50)21-47)8-10-45(9-7-43)18-28-12-25(2)15-32(37(28)54)42-40(57)35(52)23-49/h11-16,30,34-35,47-52H,4-10,17-23H2,1-3H3,(H4-,41,42,53,54,55,56,57,58)/p+1. The Bertz CT molecular complexity index is 1910. The van der Waals surface area contributed by atoms with Gasteiger partial charge in [-0.2, -0.15) is 0 Å². The van der Waals surface area contributed by atoms with E-state index in [-0.39, 0.29) is 53.9 Å². The van der Waals surface area contributed by atoms with E-state index in [0.717, 1.165) is 11.1 Å². The number of phenols is 3. The molecule has 3 atom stereocenters. The quantitative estimate of drug-likeness (QED) is 0.0686. The molecule has 0 saturated carbocycles. The van der Waals surface area contributed by atoms with Crippen molar-refractivity contribution in [2.24, 2.45) is 0 Å². The van der Waals surface area contributed by atoms with Crippen LogP contribution in [0.15, 0.2) is 36.4 Å². The summed E-state index contributed by atoms with van der Waals surface area (Å²) in [5, 5.41) is 95.9. The molecular weight excluding hydrogens is 756 g/mol. The fourth-order valence-electron chi connectivity index (χ4n) is 6.84. The molecular formula is C40H57N6O12+. The third-order valence-corrected chi connectivity index (χ3v) is 9.90. The fraction of sp³-hybridized carbons (Fsp3) is 0.500. The molecule has 0 aliphatic carbocycles. The zero-order chi connectivity index (χ0) is 42.7. The van der Waals surface area contributed by atoms with Gasteiger partial charge in [-0.25, -0.2) is 0 Å². The number of anilines is 2. The van der Waals surface area contributed by atoms with E-state index in [1.54, 1.807) is 51.1 Å². The first-order valence-corrected chi connectivity index (χ1v) is 19.1.